The summed E-state index contributed by atoms with van der Waals surface area (Å²) in [5, 5.41) is 18.0. The highest BCUT2D eigenvalue weighted by atomic mass is 16.5. The smallest absolute Gasteiger partial charge is 0.139 e. The predicted octanol–water partition coefficient (Wildman–Crippen LogP) is 1.97. The van der Waals surface area contributed by atoms with E-state index < -0.39 is 0 Å². The van der Waals surface area contributed by atoms with Gasteiger partial charge in [-0.05, 0) is 24.1 Å². The molecule has 1 rings (SSSR count). The molecule has 0 amide bonds. The highest BCUT2D eigenvalue weighted by Crippen LogP contribution is 2.27. The van der Waals surface area contributed by atoms with Gasteiger partial charge in [-0.1, -0.05) is 13.0 Å². The number of aryl methyl sites for hydroxylation is 1. The Balaban J connectivity index is 3.27. The number of nitriles is 1. The highest BCUT2D eigenvalue weighted by Gasteiger charge is 2.11. The molecule has 0 spiro atoms. The maximum atomic E-state index is 9.06. The number of ether oxygens (including phenoxy) is 1. The maximum absolute atomic E-state index is 9.06. The third kappa shape index (κ3) is 2.28. The summed E-state index contributed by atoms with van der Waals surface area (Å²) in [7, 11) is 1.55. The summed E-state index contributed by atoms with van der Waals surface area (Å²) >= 11 is 0. The molecule has 15 heavy (non-hydrogen) atoms. The predicted molar refractivity (Wildman–Crippen MR) is 57.9 cm³/mol. The number of hydrogen-bond acceptors (Lipinski definition) is 3. The van der Waals surface area contributed by atoms with Crippen molar-refractivity contribution in [3.63, 3.8) is 0 Å². The lowest BCUT2D eigenvalue weighted by atomic mass is 9.97. The van der Waals surface area contributed by atoms with Crippen molar-refractivity contribution in [1.29, 1.82) is 5.26 Å². The molecule has 1 atom stereocenters. The van der Waals surface area contributed by atoms with Crippen molar-refractivity contribution < 1.29 is 9.84 Å². The van der Waals surface area contributed by atoms with E-state index >= 15 is 0 Å². The fourth-order valence-electron chi connectivity index (χ4n) is 1.55. The van der Waals surface area contributed by atoms with Crippen molar-refractivity contribution in [2.45, 2.75) is 19.8 Å². The molecule has 80 valence electrons. The molecule has 1 unspecified atom stereocenters. The monoisotopic (exact) mass is 205 g/mol. The SMILES string of the molecule is COc1c(C)cc(C(C)CO)cc1C#N. The Kier molecular flexibility index (Phi) is 3.70. The van der Waals surface area contributed by atoms with Crippen LogP contribution in [-0.2, 0) is 0 Å². The molecule has 1 aromatic rings. The molecule has 1 aromatic carbocycles. The minimum Gasteiger partial charge on any atom is -0.495 e. The van der Waals surface area contributed by atoms with Crippen molar-refractivity contribution in [2.75, 3.05) is 13.7 Å². The van der Waals surface area contributed by atoms with Crippen LogP contribution in [-0.4, -0.2) is 18.8 Å². The van der Waals surface area contributed by atoms with E-state index in [0.717, 1.165) is 11.1 Å². The van der Waals surface area contributed by atoms with Crippen molar-refractivity contribution in [3.8, 4) is 11.8 Å². The molecule has 0 aliphatic heterocycles. The molecule has 0 bridgehead atoms. The van der Waals surface area contributed by atoms with Crippen molar-refractivity contribution in [1.82, 2.24) is 0 Å². The summed E-state index contributed by atoms with van der Waals surface area (Å²) in [6.45, 7) is 3.90. The van der Waals surface area contributed by atoms with E-state index in [9.17, 15) is 0 Å². The Morgan fingerprint density at radius 1 is 1.53 bits per heavy atom. The zero-order chi connectivity index (χ0) is 11.4. The number of rotatable bonds is 3. The average molecular weight is 205 g/mol. The fourth-order valence-corrected chi connectivity index (χ4v) is 1.55. The summed E-state index contributed by atoms with van der Waals surface area (Å²) in [6.07, 6.45) is 0. The van der Waals surface area contributed by atoms with Crippen LogP contribution >= 0.6 is 0 Å². The second-order valence-corrected chi connectivity index (χ2v) is 3.61. The molecule has 3 nitrogen and oxygen atoms in total. The number of benzene rings is 1. The lowest BCUT2D eigenvalue weighted by Gasteiger charge is -2.13. The first kappa shape index (κ1) is 11.5. The Labute approximate surface area is 89.9 Å². The standard InChI is InChI=1S/C12H15NO2/c1-8-4-10(9(2)7-14)5-11(6-13)12(8)15-3/h4-5,9,14H,7H2,1-3H3. The van der Waals surface area contributed by atoms with Crippen LogP contribution in [0.2, 0.25) is 0 Å². The van der Waals surface area contributed by atoms with Crippen molar-refractivity contribution in [2.24, 2.45) is 0 Å². The van der Waals surface area contributed by atoms with Gasteiger partial charge in [-0.25, -0.2) is 0 Å². The molecule has 0 radical (unpaired) electrons. The van der Waals surface area contributed by atoms with Gasteiger partial charge >= 0.3 is 0 Å². The highest BCUT2D eigenvalue weighted by molar-refractivity contribution is 5.51. The number of hydrogen-bond donors (Lipinski definition) is 1. The van der Waals surface area contributed by atoms with Gasteiger partial charge in [0.25, 0.3) is 0 Å². The molecule has 1 N–H and O–H groups in total. The fraction of sp³-hybridized carbons (Fsp3) is 0.417. The zero-order valence-corrected chi connectivity index (χ0v) is 9.24. The molecule has 0 aromatic heterocycles. The van der Waals surface area contributed by atoms with E-state index in [1.807, 2.05) is 19.9 Å². The Hall–Kier alpha value is -1.53. The molecule has 0 saturated carbocycles. The van der Waals surface area contributed by atoms with Gasteiger partial charge < -0.3 is 9.84 Å². The Bertz CT molecular complexity index is 393. The van der Waals surface area contributed by atoms with E-state index in [1.54, 1.807) is 13.2 Å². The quantitative estimate of drug-likeness (QED) is 0.820. The Morgan fingerprint density at radius 3 is 2.67 bits per heavy atom. The number of nitrogens with zero attached hydrogens (tertiary/aromatic N) is 1. The van der Waals surface area contributed by atoms with Gasteiger partial charge in [-0.3, -0.25) is 0 Å². The van der Waals surface area contributed by atoms with Gasteiger partial charge in [0.2, 0.25) is 0 Å². The lowest BCUT2D eigenvalue weighted by Crippen LogP contribution is -2.01. The van der Waals surface area contributed by atoms with E-state index in [-0.39, 0.29) is 12.5 Å². The first-order valence-corrected chi connectivity index (χ1v) is 4.83. The molecular formula is C12H15NO2. The normalized spacial score (nSPS) is 11.9. The summed E-state index contributed by atoms with van der Waals surface area (Å²) in [5.74, 6) is 0.660. The molecule has 3 heteroatoms. The molecule has 0 aliphatic rings. The number of aliphatic hydroxyl groups is 1. The molecule has 0 saturated heterocycles. The maximum Gasteiger partial charge on any atom is 0.139 e. The second-order valence-electron chi connectivity index (χ2n) is 3.61. The van der Waals surface area contributed by atoms with Crippen LogP contribution in [0.5, 0.6) is 5.75 Å². The third-order valence-electron chi connectivity index (χ3n) is 2.46. The zero-order valence-electron chi connectivity index (χ0n) is 9.24. The van der Waals surface area contributed by atoms with E-state index in [2.05, 4.69) is 6.07 Å². The van der Waals surface area contributed by atoms with Crippen molar-refractivity contribution >= 4 is 0 Å². The van der Waals surface area contributed by atoms with Crippen LogP contribution in [0, 0.1) is 18.3 Å². The Morgan fingerprint density at radius 2 is 2.20 bits per heavy atom. The van der Waals surface area contributed by atoms with Crippen LogP contribution in [0.15, 0.2) is 12.1 Å². The largest absolute Gasteiger partial charge is 0.495 e. The topological polar surface area (TPSA) is 53.2 Å². The van der Waals surface area contributed by atoms with Gasteiger partial charge in [-0.2, -0.15) is 5.26 Å². The van der Waals surface area contributed by atoms with Crippen LogP contribution in [0.4, 0.5) is 0 Å². The van der Waals surface area contributed by atoms with E-state index in [0.29, 0.717) is 11.3 Å². The van der Waals surface area contributed by atoms with Crippen LogP contribution in [0.25, 0.3) is 0 Å². The van der Waals surface area contributed by atoms with Gasteiger partial charge in [0.1, 0.15) is 11.8 Å². The van der Waals surface area contributed by atoms with Crippen LogP contribution < -0.4 is 4.74 Å². The summed E-state index contributed by atoms with van der Waals surface area (Å²) in [6, 6.07) is 5.82. The minimum atomic E-state index is 0.0432. The van der Waals surface area contributed by atoms with Gasteiger partial charge in [0.05, 0.1) is 12.7 Å². The third-order valence-corrected chi connectivity index (χ3v) is 2.46. The lowest BCUT2D eigenvalue weighted by molar-refractivity contribution is 0.273. The molecular weight excluding hydrogens is 190 g/mol. The summed E-state index contributed by atoms with van der Waals surface area (Å²) in [4.78, 5) is 0. The van der Waals surface area contributed by atoms with Gasteiger partial charge in [0, 0.05) is 12.5 Å². The molecule has 0 heterocycles. The average Bonchev–Trinajstić information content (AvgIpc) is 2.26. The first-order chi connectivity index (χ1) is 7.13. The van der Waals surface area contributed by atoms with Gasteiger partial charge in [-0.15, -0.1) is 0 Å². The van der Waals surface area contributed by atoms with Crippen molar-refractivity contribution in [3.05, 3.63) is 28.8 Å². The van der Waals surface area contributed by atoms with E-state index in [4.69, 9.17) is 15.1 Å². The second kappa shape index (κ2) is 4.81. The van der Waals surface area contributed by atoms with Crippen LogP contribution in [0.3, 0.4) is 0 Å². The molecule has 0 fully saturated rings. The number of methoxy groups -OCH3 is 1. The number of aliphatic hydroxyl groups excluding tert-OH is 1. The summed E-state index contributed by atoms with van der Waals surface area (Å²) < 4.78 is 5.15. The summed E-state index contributed by atoms with van der Waals surface area (Å²) in [5.41, 5.74) is 2.41. The van der Waals surface area contributed by atoms with Crippen LogP contribution in [0.1, 0.15) is 29.5 Å². The minimum absolute atomic E-state index is 0.0432. The van der Waals surface area contributed by atoms with Gasteiger partial charge in [0.15, 0.2) is 0 Å². The van der Waals surface area contributed by atoms with E-state index in [1.165, 1.54) is 0 Å². The molecule has 0 aliphatic carbocycles. The first-order valence-electron chi connectivity index (χ1n) is 4.83.